The van der Waals surface area contributed by atoms with Crippen molar-refractivity contribution in [1.82, 2.24) is 5.32 Å². The van der Waals surface area contributed by atoms with Gasteiger partial charge < -0.3 is 5.32 Å². The average Bonchev–Trinajstić information content (AvgIpc) is 2.66. The largest absolute Gasteiger partial charge is 0.317 e. The molecular weight excluding hydrogens is 326 g/mol. The molecule has 3 aromatic carbocycles. The van der Waals surface area contributed by atoms with Gasteiger partial charge in [0.2, 0.25) is 0 Å². The van der Waals surface area contributed by atoms with Crippen molar-refractivity contribution in [2.45, 2.75) is 41.5 Å². The van der Waals surface area contributed by atoms with Crippen molar-refractivity contribution in [1.29, 1.82) is 0 Å². The molecule has 0 saturated carbocycles. The fraction of sp³-hybridized carbons (Fsp3) is 0.308. The Morgan fingerprint density at radius 1 is 0.519 bits per heavy atom. The van der Waals surface area contributed by atoms with Gasteiger partial charge in [0.25, 0.3) is 0 Å². The van der Waals surface area contributed by atoms with E-state index >= 15 is 0 Å². The van der Waals surface area contributed by atoms with Crippen molar-refractivity contribution >= 4 is 0 Å². The number of aryl methyl sites for hydroxylation is 4. The second-order valence-electron chi connectivity index (χ2n) is 7.04. The van der Waals surface area contributed by atoms with Gasteiger partial charge in [-0.1, -0.05) is 74.5 Å². The number of hydrogen-bond acceptors (Lipinski definition) is 1. The molecule has 3 rings (SSSR count). The fourth-order valence-corrected chi connectivity index (χ4v) is 3.46. The van der Waals surface area contributed by atoms with Crippen LogP contribution in [-0.2, 0) is 0 Å². The topological polar surface area (TPSA) is 12.0 Å². The minimum Gasteiger partial charge on any atom is -0.317 e. The lowest BCUT2D eigenvalue weighted by molar-refractivity contribution is 0.762. The molecular formula is C26H33N. The molecule has 27 heavy (non-hydrogen) atoms. The zero-order chi connectivity index (χ0) is 19.8. The van der Waals surface area contributed by atoms with E-state index in [-0.39, 0.29) is 0 Å². The molecule has 1 nitrogen and oxygen atoms in total. The van der Waals surface area contributed by atoms with E-state index in [1.54, 1.807) is 0 Å². The van der Waals surface area contributed by atoms with Gasteiger partial charge in [-0.2, -0.15) is 0 Å². The van der Waals surface area contributed by atoms with Gasteiger partial charge in [-0.3, -0.25) is 0 Å². The molecule has 1 heteroatoms. The van der Waals surface area contributed by atoms with E-state index in [2.05, 4.69) is 108 Å². The summed E-state index contributed by atoms with van der Waals surface area (Å²) in [5.41, 5.74) is 10.7. The molecule has 0 unspecified atom stereocenters. The Labute approximate surface area is 165 Å². The van der Waals surface area contributed by atoms with Gasteiger partial charge in [0.1, 0.15) is 0 Å². The molecule has 0 spiro atoms. The Morgan fingerprint density at radius 2 is 0.889 bits per heavy atom. The molecule has 0 saturated heterocycles. The maximum atomic E-state index is 3.11. The van der Waals surface area contributed by atoms with E-state index in [9.17, 15) is 0 Å². The predicted molar refractivity (Wildman–Crippen MR) is 120 cm³/mol. The van der Waals surface area contributed by atoms with E-state index in [0.29, 0.717) is 0 Å². The first kappa shape index (κ1) is 20.9. The van der Waals surface area contributed by atoms with Crippen LogP contribution >= 0.6 is 0 Å². The zero-order valence-corrected chi connectivity index (χ0v) is 17.7. The van der Waals surface area contributed by atoms with E-state index < -0.39 is 0 Å². The molecule has 0 aliphatic carbocycles. The first-order valence-corrected chi connectivity index (χ1v) is 9.94. The summed E-state index contributed by atoms with van der Waals surface area (Å²) in [5.74, 6) is 0. The number of rotatable bonds is 4. The van der Waals surface area contributed by atoms with E-state index in [4.69, 9.17) is 0 Å². The number of nitrogens with one attached hydrogen (secondary N) is 1. The normalized spacial score (nSPS) is 10.3. The summed E-state index contributed by atoms with van der Waals surface area (Å²) in [6.45, 7) is 15.2. The first-order chi connectivity index (χ1) is 13.0. The molecule has 142 valence electrons. The van der Waals surface area contributed by atoms with Crippen molar-refractivity contribution in [2.75, 3.05) is 13.1 Å². The summed E-state index contributed by atoms with van der Waals surface area (Å²) in [6, 6.07) is 21.8. The highest BCUT2D eigenvalue weighted by molar-refractivity contribution is 5.89. The van der Waals surface area contributed by atoms with Crippen LogP contribution in [0.25, 0.3) is 22.3 Å². The second-order valence-corrected chi connectivity index (χ2v) is 7.04. The summed E-state index contributed by atoms with van der Waals surface area (Å²) in [7, 11) is 0. The third kappa shape index (κ3) is 5.08. The van der Waals surface area contributed by atoms with Gasteiger partial charge in [-0.05, 0) is 85.3 Å². The molecule has 0 aliphatic heterocycles. The minimum atomic E-state index is 1.09. The van der Waals surface area contributed by atoms with Crippen LogP contribution in [0.15, 0.2) is 60.7 Å². The standard InChI is InChI=1S/C22H22.C4H11N/c1-15-9-5-7-11-19(15)21-17(3)13-14-18(4)22(21)20-12-8-6-10-16(20)2;1-3-5-4-2/h5-14H,1-4H3;5H,3-4H2,1-2H3. The van der Waals surface area contributed by atoms with Crippen molar-refractivity contribution < 1.29 is 0 Å². The molecule has 3 aromatic rings. The summed E-state index contributed by atoms with van der Waals surface area (Å²) in [5, 5.41) is 3.11. The van der Waals surface area contributed by atoms with Crippen molar-refractivity contribution in [3.05, 3.63) is 82.9 Å². The van der Waals surface area contributed by atoms with Crippen LogP contribution in [0.1, 0.15) is 36.1 Å². The fourth-order valence-electron chi connectivity index (χ4n) is 3.46. The molecule has 0 bridgehead atoms. The van der Waals surface area contributed by atoms with E-state index in [0.717, 1.165) is 13.1 Å². The molecule has 1 N–H and O–H groups in total. The second kappa shape index (κ2) is 10.1. The minimum absolute atomic E-state index is 1.09. The maximum absolute atomic E-state index is 3.11. The van der Waals surface area contributed by atoms with Crippen LogP contribution in [0.3, 0.4) is 0 Å². The Balaban J connectivity index is 0.000000465. The van der Waals surface area contributed by atoms with Gasteiger partial charge in [0, 0.05) is 0 Å². The van der Waals surface area contributed by atoms with Crippen LogP contribution in [0.2, 0.25) is 0 Å². The van der Waals surface area contributed by atoms with Gasteiger partial charge in [-0.15, -0.1) is 0 Å². The SMILES string of the molecule is CCNCC.Cc1ccccc1-c1c(C)ccc(C)c1-c1ccccc1C. The first-order valence-electron chi connectivity index (χ1n) is 9.94. The Hall–Kier alpha value is -2.38. The Bertz CT molecular complexity index is 805. The van der Waals surface area contributed by atoms with Gasteiger partial charge in [0.05, 0.1) is 0 Å². The molecule has 0 amide bonds. The van der Waals surface area contributed by atoms with Crippen molar-refractivity contribution in [2.24, 2.45) is 0 Å². The third-order valence-electron chi connectivity index (χ3n) is 4.95. The number of benzene rings is 3. The Kier molecular flexibility index (Phi) is 7.82. The molecule has 0 heterocycles. The summed E-state index contributed by atoms with van der Waals surface area (Å²) in [6.07, 6.45) is 0. The summed E-state index contributed by atoms with van der Waals surface area (Å²) < 4.78 is 0. The molecule has 0 aliphatic rings. The highest BCUT2D eigenvalue weighted by Crippen LogP contribution is 2.39. The third-order valence-corrected chi connectivity index (χ3v) is 4.95. The van der Waals surface area contributed by atoms with Crippen LogP contribution < -0.4 is 5.32 Å². The van der Waals surface area contributed by atoms with Crippen LogP contribution in [0.4, 0.5) is 0 Å². The smallest absolute Gasteiger partial charge is 0.00707 e. The van der Waals surface area contributed by atoms with Gasteiger partial charge >= 0.3 is 0 Å². The molecule has 0 fully saturated rings. The van der Waals surface area contributed by atoms with E-state index in [1.807, 2.05) is 0 Å². The zero-order valence-electron chi connectivity index (χ0n) is 17.7. The molecule has 0 aromatic heterocycles. The van der Waals surface area contributed by atoms with Gasteiger partial charge in [0.15, 0.2) is 0 Å². The maximum Gasteiger partial charge on any atom is -0.00707 e. The van der Waals surface area contributed by atoms with E-state index in [1.165, 1.54) is 44.5 Å². The molecule has 0 radical (unpaired) electrons. The van der Waals surface area contributed by atoms with Crippen molar-refractivity contribution in [3.8, 4) is 22.3 Å². The summed E-state index contributed by atoms with van der Waals surface area (Å²) in [4.78, 5) is 0. The lowest BCUT2D eigenvalue weighted by Gasteiger charge is -2.19. The Morgan fingerprint density at radius 3 is 1.19 bits per heavy atom. The van der Waals surface area contributed by atoms with Crippen LogP contribution in [0, 0.1) is 27.7 Å². The monoisotopic (exact) mass is 359 g/mol. The average molecular weight is 360 g/mol. The predicted octanol–water partition coefficient (Wildman–Crippen LogP) is 6.87. The van der Waals surface area contributed by atoms with Crippen LogP contribution in [0.5, 0.6) is 0 Å². The quantitative estimate of drug-likeness (QED) is 0.536. The highest BCUT2D eigenvalue weighted by Gasteiger charge is 2.15. The lowest BCUT2D eigenvalue weighted by atomic mass is 9.85. The van der Waals surface area contributed by atoms with Gasteiger partial charge in [-0.25, -0.2) is 0 Å². The molecule has 0 atom stereocenters. The highest BCUT2D eigenvalue weighted by atomic mass is 14.8. The number of hydrogen-bond donors (Lipinski definition) is 1. The summed E-state index contributed by atoms with van der Waals surface area (Å²) >= 11 is 0. The van der Waals surface area contributed by atoms with Crippen molar-refractivity contribution in [3.63, 3.8) is 0 Å². The lowest BCUT2D eigenvalue weighted by Crippen LogP contribution is -2.09. The van der Waals surface area contributed by atoms with Crippen LogP contribution in [-0.4, -0.2) is 13.1 Å².